The maximum Gasteiger partial charge on any atom is 0.697 e. The molecule has 2 unspecified atom stereocenters. The molecule has 1 N–H and O–H groups in total. The number of aromatic nitrogens is 2. The predicted octanol–water partition coefficient (Wildman–Crippen LogP) is 5.11. The van der Waals surface area contributed by atoms with Gasteiger partial charge in [-0.15, -0.1) is 9.05 Å². The number of nitrogens with one attached hydrogen (secondary N) is 1. The standard InChI is InChI=1S/C29H37ClN5O11P/c1-27(2,3)24(37)44-21-22(45-25(38)28(4,5)6)29(33-34-31,46-23(21)35-13-11-20(36)32-26(35)39)16-43-47(40)42-14-12-19(41-7)17-9-8-10-18(30)15-17/h8-11,13,15,19,21-23H,12,14,16H2,1-7H3/p+1/t19-,21+,22-,23?,29+/m0/s1. The number of hydrogen-bond donors (Lipinski definition) is 1. The van der Waals surface area contributed by atoms with Crippen LogP contribution in [0.5, 0.6) is 0 Å². The monoisotopic (exact) mass is 698 g/mol. The van der Waals surface area contributed by atoms with E-state index >= 15 is 0 Å². The average Bonchev–Trinajstić information content (AvgIpc) is 3.25. The molecule has 47 heavy (non-hydrogen) atoms. The third kappa shape index (κ3) is 9.71. The molecular formula is C29H38ClN5O11P+. The fourth-order valence-corrected chi connectivity index (χ4v) is 5.13. The zero-order valence-corrected chi connectivity index (χ0v) is 28.6. The lowest BCUT2D eigenvalue weighted by molar-refractivity contribution is -0.182. The summed E-state index contributed by atoms with van der Waals surface area (Å²) in [4.78, 5) is 55.9. The highest BCUT2D eigenvalue weighted by Gasteiger charge is 2.62. The molecule has 2 heterocycles. The van der Waals surface area contributed by atoms with Crippen molar-refractivity contribution in [2.45, 2.75) is 78.2 Å². The number of carbonyl (C=O) groups is 2. The average molecular weight is 699 g/mol. The summed E-state index contributed by atoms with van der Waals surface area (Å²) in [7, 11) is -1.40. The minimum absolute atomic E-state index is 0.0980. The Hall–Kier alpha value is -3.62. The van der Waals surface area contributed by atoms with Crippen molar-refractivity contribution in [1.29, 1.82) is 0 Å². The van der Waals surface area contributed by atoms with Gasteiger partial charge in [-0.2, -0.15) is 0 Å². The van der Waals surface area contributed by atoms with Crippen molar-refractivity contribution in [3.63, 3.8) is 0 Å². The van der Waals surface area contributed by atoms with Crippen LogP contribution in [0.2, 0.25) is 5.02 Å². The summed E-state index contributed by atoms with van der Waals surface area (Å²) in [5.41, 5.74) is 4.14. The number of nitrogens with zero attached hydrogens (tertiary/aromatic N) is 4. The number of benzene rings is 1. The Balaban J connectivity index is 1.95. The van der Waals surface area contributed by atoms with Gasteiger partial charge in [0, 0.05) is 40.3 Å². The first-order chi connectivity index (χ1) is 21.9. The highest BCUT2D eigenvalue weighted by Crippen LogP contribution is 2.45. The number of esters is 2. The van der Waals surface area contributed by atoms with Crippen LogP contribution >= 0.6 is 19.9 Å². The Kier molecular flexibility index (Phi) is 12.5. The Morgan fingerprint density at radius 1 is 1.13 bits per heavy atom. The Morgan fingerprint density at radius 3 is 2.36 bits per heavy atom. The predicted molar refractivity (Wildman–Crippen MR) is 167 cm³/mol. The molecule has 0 aliphatic carbocycles. The molecule has 1 aromatic carbocycles. The van der Waals surface area contributed by atoms with E-state index in [-0.39, 0.29) is 13.0 Å². The summed E-state index contributed by atoms with van der Waals surface area (Å²) in [6.07, 6.45) is -4.09. The molecule has 0 radical (unpaired) electrons. The Morgan fingerprint density at radius 2 is 1.79 bits per heavy atom. The highest BCUT2D eigenvalue weighted by molar-refractivity contribution is 7.33. The van der Waals surface area contributed by atoms with Crippen LogP contribution in [0.25, 0.3) is 10.4 Å². The molecule has 1 fully saturated rings. The third-order valence-electron chi connectivity index (χ3n) is 6.85. The number of H-pyrrole nitrogens is 1. The number of hydrogen-bond acceptors (Lipinski definition) is 12. The maximum absolute atomic E-state index is 13.2. The maximum atomic E-state index is 13.2. The van der Waals surface area contributed by atoms with Gasteiger partial charge in [-0.3, -0.25) is 23.9 Å². The molecule has 256 valence electrons. The van der Waals surface area contributed by atoms with Gasteiger partial charge in [0.15, 0.2) is 18.4 Å². The molecular weight excluding hydrogens is 661 g/mol. The molecule has 1 aliphatic rings. The summed E-state index contributed by atoms with van der Waals surface area (Å²) in [5.74, 6) is -1.60. The van der Waals surface area contributed by atoms with E-state index in [2.05, 4.69) is 15.0 Å². The van der Waals surface area contributed by atoms with Crippen molar-refractivity contribution in [3.8, 4) is 0 Å². The van der Waals surface area contributed by atoms with Crippen LogP contribution in [-0.2, 0) is 42.1 Å². The van der Waals surface area contributed by atoms with E-state index in [4.69, 9.17) is 39.6 Å². The second-order valence-electron chi connectivity index (χ2n) is 12.7. The van der Waals surface area contributed by atoms with Crippen molar-refractivity contribution < 1.29 is 42.1 Å². The first-order valence-corrected chi connectivity index (χ1v) is 15.9. The van der Waals surface area contributed by atoms with Gasteiger partial charge in [0.25, 0.3) is 5.56 Å². The Bertz CT molecular complexity index is 1630. The molecule has 1 saturated heterocycles. The zero-order valence-electron chi connectivity index (χ0n) is 27.0. The van der Waals surface area contributed by atoms with Crippen LogP contribution < -0.4 is 11.2 Å². The van der Waals surface area contributed by atoms with E-state index < -0.39 is 79.1 Å². The number of aromatic amines is 1. The van der Waals surface area contributed by atoms with E-state index in [0.717, 1.165) is 22.4 Å². The number of rotatable bonds is 13. The van der Waals surface area contributed by atoms with Crippen LogP contribution in [0.15, 0.2) is 51.2 Å². The SMILES string of the molecule is CO[C@@H](CCO[P+](=O)OC[C@@]1(N=[N+]=[N-])OC(n2ccc(=O)[nH]c2=O)[C@H](OC(=O)C(C)(C)C)[C@@H]1OC(=O)C(C)(C)C)c1cccc(Cl)c1. The largest absolute Gasteiger partial charge is 0.697 e. The quantitative estimate of drug-likeness (QED) is 0.0955. The van der Waals surface area contributed by atoms with Gasteiger partial charge >= 0.3 is 25.9 Å². The summed E-state index contributed by atoms with van der Waals surface area (Å²) < 4.78 is 47.6. The van der Waals surface area contributed by atoms with Gasteiger partial charge in [0.2, 0.25) is 5.72 Å². The molecule has 6 atom stereocenters. The fraction of sp³-hybridized carbons (Fsp3) is 0.586. The van der Waals surface area contributed by atoms with Gasteiger partial charge < -0.3 is 18.9 Å². The molecule has 0 spiro atoms. The van der Waals surface area contributed by atoms with Gasteiger partial charge in [-0.1, -0.05) is 28.8 Å². The summed E-state index contributed by atoms with van der Waals surface area (Å²) in [6, 6.07) is 8.01. The number of carbonyl (C=O) groups excluding carboxylic acids is 2. The first-order valence-electron chi connectivity index (χ1n) is 14.4. The molecule has 0 bridgehead atoms. The molecule has 1 aromatic heterocycles. The highest BCUT2D eigenvalue weighted by atomic mass is 35.5. The van der Waals surface area contributed by atoms with Gasteiger partial charge in [-0.05, 0) is 64.8 Å². The van der Waals surface area contributed by atoms with Crippen LogP contribution in [0.1, 0.15) is 65.9 Å². The first kappa shape index (κ1) is 37.8. The normalized spacial score (nSPS) is 22.2. The minimum atomic E-state index is -2.90. The summed E-state index contributed by atoms with van der Waals surface area (Å²) in [6.45, 7) is 8.42. The van der Waals surface area contributed by atoms with Gasteiger partial charge in [0.05, 0.1) is 16.9 Å². The number of azide groups is 1. The second-order valence-corrected chi connectivity index (χ2v) is 14.1. The van der Waals surface area contributed by atoms with Crippen molar-refractivity contribution in [2.75, 3.05) is 20.3 Å². The van der Waals surface area contributed by atoms with Crippen molar-refractivity contribution in [1.82, 2.24) is 9.55 Å². The lowest BCUT2D eigenvalue weighted by Gasteiger charge is -2.31. The summed E-state index contributed by atoms with van der Waals surface area (Å²) in [5, 5.41) is 4.23. The van der Waals surface area contributed by atoms with Crippen molar-refractivity contribution in [3.05, 3.63) is 78.4 Å². The number of halogens is 1. The van der Waals surface area contributed by atoms with E-state index in [1.807, 2.05) is 6.07 Å². The van der Waals surface area contributed by atoms with Crippen LogP contribution in [-0.4, -0.2) is 59.7 Å². The molecule has 0 saturated carbocycles. The van der Waals surface area contributed by atoms with Gasteiger partial charge in [0.1, 0.15) is 13.2 Å². The van der Waals surface area contributed by atoms with Crippen LogP contribution in [0, 0.1) is 10.8 Å². The molecule has 3 rings (SSSR count). The van der Waals surface area contributed by atoms with E-state index in [9.17, 15) is 29.3 Å². The van der Waals surface area contributed by atoms with Crippen LogP contribution in [0.3, 0.4) is 0 Å². The lowest BCUT2D eigenvalue weighted by atomic mass is 9.96. The molecule has 18 heteroatoms. The van der Waals surface area contributed by atoms with Crippen molar-refractivity contribution >= 4 is 31.8 Å². The number of methoxy groups -OCH3 is 1. The molecule has 2 aromatic rings. The number of ether oxygens (including phenoxy) is 4. The third-order valence-corrected chi connectivity index (χ3v) is 7.82. The van der Waals surface area contributed by atoms with E-state index in [0.29, 0.717) is 5.02 Å². The molecule has 16 nitrogen and oxygen atoms in total. The minimum Gasteiger partial charge on any atom is -0.454 e. The smallest absolute Gasteiger partial charge is 0.454 e. The van der Waals surface area contributed by atoms with Crippen molar-refractivity contribution in [2.24, 2.45) is 15.9 Å². The zero-order chi connectivity index (χ0) is 35.2. The second kappa shape index (κ2) is 15.5. The molecule has 1 aliphatic heterocycles. The fourth-order valence-electron chi connectivity index (χ4n) is 4.31. The van der Waals surface area contributed by atoms with Crippen LogP contribution in [0.4, 0.5) is 0 Å². The summed E-state index contributed by atoms with van der Waals surface area (Å²) >= 11 is 6.07. The topological polar surface area (TPSA) is 210 Å². The Labute approximate surface area is 276 Å². The van der Waals surface area contributed by atoms with Gasteiger partial charge in [-0.25, -0.2) is 4.79 Å². The molecule has 0 amide bonds. The van der Waals surface area contributed by atoms with E-state index in [1.54, 1.807) is 59.7 Å². The lowest BCUT2D eigenvalue weighted by Crippen LogP contribution is -2.50. The van der Waals surface area contributed by atoms with E-state index in [1.165, 1.54) is 7.11 Å².